The van der Waals surface area contributed by atoms with Gasteiger partial charge in [-0.05, 0) is 15.9 Å². The van der Waals surface area contributed by atoms with E-state index in [9.17, 15) is 4.39 Å². The molecule has 0 radical (unpaired) electrons. The first-order chi connectivity index (χ1) is 2.64. The number of carboxylic acids is 1. The van der Waals surface area contributed by atoms with Crippen molar-refractivity contribution in [1.82, 2.24) is 0 Å². The largest absolute Gasteiger partial charge is 1.00 e. The average Bonchev–Trinajstić information content (AvgIpc) is 1.36. The van der Waals surface area contributed by atoms with Crippen molar-refractivity contribution < 1.29 is 43.8 Å². The van der Waals surface area contributed by atoms with Gasteiger partial charge < -0.3 is 9.90 Å². The molecular weight excluding hydrogens is 178 g/mol. The maximum Gasteiger partial charge on any atom is 1.00 e. The number of alkyl halides is 2. The molecule has 0 aromatic rings. The minimum atomic E-state index is -2.03. The minimum absolute atomic E-state index is 0. The summed E-state index contributed by atoms with van der Waals surface area (Å²) in [5, 5.41) is 7.14. The van der Waals surface area contributed by atoms with Crippen molar-refractivity contribution in [3.8, 4) is 0 Å². The number of halogens is 2. The molecular formula is C2HBrFNaO2. The summed E-state index contributed by atoms with van der Waals surface area (Å²) in [7, 11) is 0. The van der Waals surface area contributed by atoms with E-state index in [4.69, 9.17) is 9.90 Å². The maximum atomic E-state index is 11.1. The molecule has 0 saturated heterocycles. The molecule has 0 N–H and O–H groups in total. The molecule has 0 spiro atoms. The zero-order valence-electron chi connectivity index (χ0n) is 3.65. The Kier molecular flexibility index (Phi) is 7.74. The van der Waals surface area contributed by atoms with Gasteiger partial charge in [-0.1, -0.05) is 0 Å². The Bertz CT molecular complexity index is 66.7. The zero-order valence-corrected chi connectivity index (χ0v) is 7.24. The minimum Gasteiger partial charge on any atom is -0.546 e. The predicted octanol–water partition coefficient (Wildman–Crippen LogP) is -3.57. The van der Waals surface area contributed by atoms with E-state index in [0.717, 1.165) is 0 Å². The van der Waals surface area contributed by atoms with E-state index >= 15 is 0 Å². The molecule has 0 aliphatic heterocycles. The van der Waals surface area contributed by atoms with E-state index in [1.54, 1.807) is 0 Å². The van der Waals surface area contributed by atoms with Crippen LogP contribution in [0.15, 0.2) is 0 Å². The Labute approximate surface area is 70.5 Å². The second-order valence-corrected chi connectivity index (χ2v) is 1.42. The quantitative estimate of drug-likeness (QED) is 0.308. The van der Waals surface area contributed by atoms with Gasteiger partial charge >= 0.3 is 29.6 Å². The molecule has 5 heteroatoms. The standard InChI is InChI=1S/C2H2BrFO2.Na/c3-1(4)2(5)6;/h1H,(H,5,6);/q;+1/p-1. The number of carboxylic acid groups (broad SMARTS) is 1. The summed E-state index contributed by atoms with van der Waals surface area (Å²) < 4.78 is 11.1. The van der Waals surface area contributed by atoms with E-state index in [1.807, 2.05) is 0 Å². The number of carbonyl (C=O) groups is 1. The summed E-state index contributed by atoms with van der Waals surface area (Å²) >= 11 is 2.11. The number of rotatable bonds is 1. The Balaban J connectivity index is 0. The van der Waals surface area contributed by atoms with E-state index in [2.05, 4.69) is 15.9 Å². The van der Waals surface area contributed by atoms with E-state index in [0.29, 0.717) is 0 Å². The molecule has 0 heterocycles. The van der Waals surface area contributed by atoms with Gasteiger partial charge in [-0.25, -0.2) is 4.39 Å². The summed E-state index contributed by atoms with van der Waals surface area (Å²) in [6.07, 6.45) is 0. The summed E-state index contributed by atoms with van der Waals surface area (Å²) in [6, 6.07) is 0. The molecule has 0 aliphatic carbocycles. The van der Waals surface area contributed by atoms with Gasteiger partial charge in [0.1, 0.15) is 0 Å². The normalized spacial score (nSPS) is 11.7. The summed E-state index contributed by atoms with van der Waals surface area (Å²) in [5.41, 5.74) is 0. The van der Waals surface area contributed by atoms with Crippen molar-refractivity contribution in [2.24, 2.45) is 0 Å². The van der Waals surface area contributed by atoms with E-state index in [1.165, 1.54) is 0 Å². The van der Waals surface area contributed by atoms with Gasteiger partial charge in [0.05, 0.1) is 5.97 Å². The summed E-state index contributed by atoms with van der Waals surface area (Å²) in [5.74, 6) is -1.74. The van der Waals surface area contributed by atoms with Crippen LogP contribution in [0, 0.1) is 0 Å². The van der Waals surface area contributed by atoms with Crippen molar-refractivity contribution in [2.45, 2.75) is 5.08 Å². The molecule has 1 atom stereocenters. The maximum absolute atomic E-state index is 11.1. The fraction of sp³-hybridized carbons (Fsp3) is 0.500. The molecule has 36 valence electrons. The van der Waals surface area contributed by atoms with Crippen LogP contribution >= 0.6 is 15.9 Å². The van der Waals surface area contributed by atoms with Crippen LogP contribution < -0.4 is 34.7 Å². The second-order valence-electron chi connectivity index (χ2n) is 0.620. The van der Waals surface area contributed by atoms with Crippen molar-refractivity contribution >= 4 is 21.9 Å². The fourth-order valence-electron chi connectivity index (χ4n) is 0. The fourth-order valence-corrected chi connectivity index (χ4v) is 0. The smallest absolute Gasteiger partial charge is 0.546 e. The van der Waals surface area contributed by atoms with E-state index in [-0.39, 0.29) is 29.6 Å². The van der Waals surface area contributed by atoms with Gasteiger partial charge in [0, 0.05) is 0 Å². The van der Waals surface area contributed by atoms with Gasteiger partial charge in [-0.15, -0.1) is 0 Å². The van der Waals surface area contributed by atoms with Gasteiger partial charge in [0.25, 0.3) is 0 Å². The average molecular weight is 179 g/mol. The number of hydrogen-bond donors (Lipinski definition) is 0. The van der Waals surface area contributed by atoms with Crippen molar-refractivity contribution in [3.63, 3.8) is 0 Å². The van der Waals surface area contributed by atoms with Crippen LogP contribution in [0.3, 0.4) is 0 Å². The third-order valence-electron chi connectivity index (χ3n) is 0.178. The topological polar surface area (TPSA) is 40.1 Å². The molecule has 7 heavy (non-hydrogen) atoms. The third-order valence-corrected chi connectivity index (χ3v) is 0.552. The molecule has 0 amide bonds. The third kappa shape index (κ3) is 6.88. The summed E-state index contributed by atoms with van der Waals surface area (Å²) in [4.78, 5) is 9.17. The SMILES string of the molecule is O=C([O-])C(F)Br.[Na+]. The van der Waals surface area contributed by atoms with Gasteiger partial charge in [-0.3, -0.25) is 0 Å². The first-order valence-corrected chi connectivity index (χ1v) is 2.05. The first kappa shape index (κ1) is 10.8. The molecule has 2 nitrogen and oxygen atoms in total. The Hall–Kier alpha value is 0.880. The van der Waals surface area contributed by atoms with Crippen LogP contribution in [0.1, 0.15) is 0 Å². The molecule has 0 fully saturated rings. The molecule has 0 aromatic heterocycles. The van der Waals surface area contributed by atoms with Crippen molar-refractivity contribution in [1.29, 1.82) is 0 Å². The van der Waals surface area contributed by atoms with Crippen LogP contribution in [0.4, 0.5) is 4.39 Å². The van der Waals surface area contributed by atoms with Crippen LogP contribution in [-0.4, -0.2) is 11.1 Å². The second kappa shape index (κ2) is 5.03. The Morgan fingerprint density at radius 1 is 1.86 bits per heavy atom. The van der Waals surface area contributed by atoms with Crippen LogP contribution in [0.5, 0.6) is 0 Å². The molecule has 0 bridgehead atoms. The molecule has 0 rings (SSSR count). The van der Waals surface area contributed by atoms with Gasteiger partial charge in [-0.2, -0.15) is 0 Å². The van der Waals surface area contributed by atoms with Crippen molar-refractivity contribution in [3.05, 3.63) is 0 Å². The Morgan fingerprint density at radius 2 is 2.00 bits per heavy atom. The van der Waals surface area contributed by atoms with Gasteiger partial charge in [0.2, 0.25) is 0 Å². The number of hydrogen-bond acceptors (Lipinski definition) is 2. The van der Waals surface area contributed by atoms with Gasteiger partial charge in [0.15, 0.2) is 5.08 Å². The number of carbonyl (C=O) groups excluding carboxylic acids is 1. The zero-order chi connectivity index (χ0) is 5.15. The van der Waals surface area contributed by atoms with Crippen LogP contribution in [0.25, 0.3) is 0 Å². The predicted molar refractivity (Wildman–Crippen MR) is 18.8 cm³/mol. The number of aliphatic carboxylic acids is 1. The summed E-state index contributed by atoms with van der Waals surface area (Å²) in [6.45, 7) is 0. The monoisotopic (exact) mass is 178 g/mol. The Morgan fingerprint density at radius 3 is 2.00 bits per heavy atom. The molecule has 0 saturated carbocycles. The van der Waals surface area contributed by atoms with E-state index < -0.39 is 11.1 Å². The molecule has 1 unspecified atom stereocenters. The van der Waals surface area contributed by atoms with Crippen LogP contribution in [0.2, 0.25) is 0 Å². The van der Waals surface area contributed by atoms with Crippen LogP contribution in [-0.2, 0) is 4.79 Å². The first-order valence-electron chi connectivity index (χ1n) is 1.13. The molecule has 0 aliphatic rings. The molecule has 0 aromatic carbocycles. The van der Waals surface area contributed by atoms with Crippen molar-refractivity contribution in [2.75, 3.05) is 0 Å².